The lowest BCUT2D eigenvalue weighted by Crippen LogP contribution is -2.47. The van der Waals surface area contributed by atoms with Crippen molar-refractivity contribution in [3.05, 3.63) is 0 Å². The third-order valence-corrected chi connectivity index (χ3v) is 4.16. The molecule has 2 aliphatic heterocycles. The first-order valence-electron chi connectivity index (χ1n) is 7.92. The molecule has 2 rings (SSSR count). The molecule has 0 aromatic carbocycles. The highest BCUT2D eigenvalue weighted by molar-refractivity contribution is 5.75. The molecule has 2 heterocycles. The number of carbonyl (C=O) groups excluding carboxylic acids is 2. The van der Waals surface area contributed by atoms with Gasteiger partial charge in [-0.3, -0.25) is 0 Å². The summed E-state index contributed by atoms with van der Waals surface area (Å²) in [4.78, 5) is 29.7. The van der Waals surface area contributed by atoms with E-state index in [1.807, 2.05) is 20.8 Å². The topological polar surface area (TPSA) is 79.1 Å². The Balaban J connectivity index is 1.87. The van der Waals surface area contributed by atoms with Gasteiger partial charge in [-0.1, -0.05) is 0 Å². The van der Waals surface area contributed by atoms with Crippen LogP contribution in [0.3, 0.4) is 0 Å². The van der Waals surface area contributed by atoms with E-state index >= 15 is 0 Å². The number of amides is 3. The maximum absolute atomic E-state index is 12.4. The molecule has 7 nitrogen and oxygen atoms in total. The van der Waals surface area contributed by atoms with Gasteiger partial charge in [-0.15, -0.1) is 0 Å². The van der Waals surface area contributed by atoms with E-state index in [0.717, 1.165) is 12.8 Å². The molecule has 0 saturated carbocycles. The van der Waals surface area contributed by atoms with Gasteiger partial charge in [0.15, 0.2) is 0 Å². The molecule has 0 radical (unpaired) electrons. The quantitative estimate of drug-likeness (QED) is 0.786. The minimum absolute atomic E-state index is 0.00369. The third-order valence-electron chi connectivity index (χ3n) is 4.16. The Labute approximate surface area is 132 Å². The van der Waals surface area contributed by atoms with Crippen LogP contribution in [0.1, 0.15) is 33.6 Å². The van der Waals surface area contributed by atoms with Crippen molar-refractivity contribution in [2.45, 2.75) is 51.3 Å². The Morgan fingerprint density at radius 1 is 1.14 bits per heavy atom. The maximum atomic E-state index is 12.4. The summed E-state index contributed by atoms with van der Waals surface area (Å²) < 4.78 is 5.38. The lowest BCUT2D eigenvalue weighted by molar-refractivity contribution is 0.0283. The fourth-order valence-electron chi connectivity index (χ4n) is 2.89. The Kier molecular flexibility index (Phi) is 4.84. The van der Waals surface area contributed by atoms with Gasteiger partial charge in [0.05, 0.1) is 6.04 Å². The van der Waals surface area contributed by atoms with Crippen molar-refractivity contribution in [1.29, 1.82) is 0 Å². The van der Waals surface area contributed by atoms with Gasteiger partial charge in [0.1, 0.15) is 5.60 Å². The Morgan fingerprint density at radius 3 is 2.32 bits per heavy atom. The Hall–Kier alpha value is -1.50. The van der Waals surface area contributed by atoms with Gasteiger partial charge in [0, 0.05) is 39.3 Å². The van der Waals surface area contributed by atoms with Crippen LogP contribution >= 0.6 is 0 Å². The largest absolute Gasteiger partial charge is 0.444 e. The number of ether oxygens (including phenoxy) is 1. The zero-order chi connectivity index (χ0) is 16.5. The SMILES string of the molecule is CN(C(=O)N1CC[C@H](N)C1)[C@H]1CCN(C(=O)OC(C)(C)C)C1. The molecule has 7 heteroatoms. The molecule has 0 spiro atoms. The van der Waals surface area contributed by atoms with Gasteiger partial charge >= 0.3 is 12.1 Å². The second-order valence-corrected chi connectivity index (χ2v) is 7.26. The fourth-order valence-corrected chi connectivity index (χ4v) is 2.89. The van der Waals surface area contributed by atoms with Crippen LogP contribution in [0.4, 0.5) is 9.59 Å². The molecule has 0 aromatic heterocycles. The van der Waals surface area contributed by atoms with E-state index in [4.69, 9.17) is 10.5 Å². The summed E-state index contributed by atoms with van der Waals surface area (Å²) in [6.45, 7) is 8.03. The first-order chi connectivity index (χ1) is 10.2. The summed E-state index contributed by atoms with van der Waals surface area (Å²) >= 11 is 0. The number of nitrogens with zero attached hydrogens (tertiary/aromatic N) is 3. The summed E-state index contributed by atoms with van der Waals surface area (Å²) in [6, 6.07) is 0.125. The van der Waals surface area contributed by atoms with Crippen LogP contribution < -0.4 is 5.73 Å². The molecule has 2 aliphatic rings. The third kappa shape index (κ3) is 4.03. The molecule has 2 saturated heterocycles. The highest BCUT2D eigenvalue weighted by Gasteiger charge is 2.35. The molecular weight excluding hydrogens is 284 g/mol. The molecule has 0 aliphatic carbocycles. The summed E-state index contributed by atoms with van der Waals surface area (Å²) in [5, 5.41) is 0. The molecule has 22 heavy (non-hydrogen) atoms. The number of likely N-dealkylation sites (tertiary alicyclic amines) is 2. The second-order valence-electron chi connectivity index (χ2n) is 7.26. The van der Waals surface area contributed by atoms with Crippen LogP contribution in [-0.2, 0) is 4.74 Å². The highest BCUT2D eigenvalue weighted by atomic mass is 16.6. The van der Waals surface area contributed by atoms with E-state index in [2.05, 4.69) is 0 Å². The van der Waals surface area contributed by atoms with Crippen LogP contribution in [0.15, 0.2) is 0 Å². The number of hydrogen-bond donors (Lipinski definition) is 1. The van der Waals surface area contributed by atoms with Crippen molar-refractivity contribution in [2.24, 2.45) is 5.73 Å². The van der Waals surface area contributed by atoms with Crippen LogP contribution in [0.5, 0.6) is 0 Å². The smallest absolute Gasteiger partial charge is 0.410 e. The van der Waals surface area contributed by atoms with Crippen LogP contribution in [0.2, 0.25) is 0 Å². The van der Waals surface area contributed by atoms with E-state index < -0.39 is 5.60 Å². The van der Waals surface area contributed by atoms with E-state index in [0.29, 0.717) is 26.2 Å². The van der Waals surface area contributed by atoms with Crippen molar-refractivity contribution in [1.82, 2.24) is 14.7 Å². The van der Waals surface area contributed by atoms with Crippen molar-refractivity contribution in [3.63, 3.8) is 0 Å². The molecule has 0 unspecified atom stereocenters. The van der Waals surface area contributed by atoms with Gasteiger partial charge in [-0.05, 0) is 33.6 Å². The summed E-state index contributed by atoms with van der Waals surface area (Å²) in [5.41, 5.74) is 5.36. The van der Waals surface area contributed by atoms with E-state index in [-0.39, 0.29) is 24.2 Å². The number of likely N-dealkylation sites (N-methyl/N-ethyl adjacent to an activating group) is 1. The normalized spacial score (nSPS) is 25.5. The van der Waals surface area contributed by atoms with Gasteiger partial charge in [0.25, 0.3) is 0 Å². The van der Waals surface area contributed by atoms with Crippen molar-refractivity contribution < 1.29 is 14.3 Å². The number of carbonyl (C=O) groups is 2. The lowest BCUT2D eigenvalue weighted by atomic mass is 10.2. The van der Waals surface area contributed by atoms with E-state index in [1.165, 1.54) is 0 Å². The fraction of sp³-hybridized carbons (Fsp3) is 0.867. The first kappa shape index (κ1) is 16.9. The van der Waals surface area contributed by atoms with Gasteiger partial charge in [-0.25, -0.2) is 9.59 Å². The number of rotatable bonds is 1. The first-order valence-corrected chi connectivity index (χ1v) is 7.92. The minimum Gasteiger partial charge on any atom is -0.444 e. The maximum Gasteiger partial charge on any atom is 0.410 e. The Morgan fingerprint density at radius 2 is 1.77 bits per heavy atom. The van der Waals surface area contributed by atoms with Crippen LogP contribution in [0, 0.1) is 0 Å². The molecule has 2 fully saturated rings. The van der Waals surface area contributed by atoms with Gasteiger partial charge < -0.3 is 25.2 Å². The van der Waals surface area contributed by atoms with E-state index in [9.17, 15) is 9.59 Å². The second kappa shape index (κ2) is 6.32. The van der Waals surface area contributed by atoms with Crippen molar-refractivity contribution in [2.75, 3.05) is 33.2 Å². The highest BCUT2D eigenvalue weighted by Crippen LogP contribution is 2.20. The zero-order valence-corrected chi connectivity index (χ0v) is 14.0. The average Bonchev–Trinajstić information content (AvgIpc) is 3.03. The minimum atomic E-state index is -0.497. The number of urea groups is 1. The van der Waals surface area contributed by atoms with Crippen molar-refractivity contribution >= 4 is 12.1 Å². The molecule has 126 valence electrons. The average molecular weight is 312 g/mol. The molecule has 0 bridgehead atoms. The van der Waals surface area contributed by atoms with Gasteiger partial charge in [0.2, 0.25) is 0 Å². The predicted octanol–water partition coefficient (Wildman–Crippen LogP) is 1.08. The molecule has 0 aromatic rings. The lowest BCUT2D eigenvalue weighted by Gasteiger charge is -2.30. The molecular formula is C15H28N4O3. The van der Waals surface area contributed by atoms with E-state index in [1.54, 1.807) is 21.7 Å². The predicted molar refractivity (Wildman–Crippen MR) is 83.5 cm³/mol. The van der Waals surface area contributed by atoms with Crippen LogP contribution in [-0.4, -0.2) is 77.7 Å². The van der Waals surface area contributed by atoms with Crippen molar-refractivity contribution in [3.8, 4) is 0 Å². The molecule has 2 N–H and O–H groups in total. The summed E-state index contributed by atoms with van der Waals surface area (Å²) in [7, 11) is 1.80. The number of hydrogen-bond acceptors (Lipinski definition) is 4. The molecule has 3 amide bonds. The zero-order valence-electron chi connectivity index (χ0n) is 14.0. The molecule has 2 atom stereocenters. The monoisotopic (exact) mass is 312 g/mol. The number of nitrogens with two attached hydrogens (primary N) is 1. The Bertz CT molecular complexity index is 435. The van der Waals surface area contributed by atoms with Crippen LogP contribution in [0.25, 0.3) is 0 Å². The summed E-state index contributed by atoms with van der Waals surface area (Å²) in [5.74, 6) is 0. The standard InChI is InChI=1S/C15H28N4O3/c1-15(2,3)22-14(21)19-8-6-12(10-19)17(4)13(20)18-7-5-11(16)9-18/h11-12H,5-10,16H2,1-4H3/t11-,12-/m0/s1. The summed E-state index contributed by atoms with van der Waals surface area (Å²) in [6.07, 6.45) is 1.33. The van der Waals surface area contributed by atoms with Gasteiger partial charge in [-0.2, -0.15) is 0 Å².